The minimum atomic E-state index is -1.04. The monoisotopic (exact) mass is 750 g/mol. The molecule has 0 saturated heterocycles. The summed E-state index contributed by atoms with van der Waals surface area (Å²) in [6.07, 6.45) is 7.18. The molecule has 0 bridgehead atoms. The molecule has 13 heteroatoms. The van der Waals surface area contributed by atoms with Crippen molar-refractivity contribution in [2.45, 2.75) is 103 Å². The highest BCUT2D eigenvalue weighted by atomic mass is 35.5. The molecule has 1 saturated carbocycles. The molecule has 1 fully saturated rings. The van der Waals surface area contributed by atoms with Crippen LogP contribution in [-0.4, -0.2) is 76.3 Å². The van der Waals surface area contributed by atoms with Gasteiger partial charge in [-0.15, -0.1) is 0 Å². The third-order valence-electron chi connectivity index (χ3n) is 9.78. The molecule has 3 aromatic rings. The number of imidazole rings is 1. The predicted molar refractivity (Wildman–Crippen MR) is 205 cm³/mol. The molecule has 2 aromatic carbocycles. The summed E-state index contributed by atoms with van der Waals surface area (Å²) in [6, 6.07) is 14.0. The summed E-state index contributed by atoms with van der Waals surface area (Å²) in [7, 11) is 1.58. The number of para-hydroxylation sites is 1. The van der Waals surface area contributed by atoms with E-state index in [2.05, 4.69) is 25.9 Å². The zero-order chi connectivity index (χ0) is 38.5. The molecule has 0 aliphatic heterocycles. The molecule has 5 N–H and O–H groups in total. The first-order valence-electron chi connectivity index (χ1n) is 18.5. The highest BCUT2D eigenvalue weighted by Gasteiger charge is 2.36. The van der Waals surface area contributed by atoms with Gasteiger partial charge in [0.1, 0.15) is 17.7 Å². The summed E-state index contributed by atoms with van der Waals surface area (Å²) < 4.78 is 5.66. The molecular weight excluding hydrogens is 696 g/mol. The number of hydrogen-bond donors (Lipinski definition) is 5. The largest absolute Gasteiger partial charge is 0.443 e. The molecule has 1 heterocycles. The third-order valence-corrected chi connectivity index (χ3v) is 10.0. The number of halogens is 1. The fourth-order valence-corrected chi connectivity index (χ4v) is 7.26. The van der Waals surface area contributed by atoms with Crippen molar-refractivity contribution in [1.29, 1.82) is 0 Å². The van der Waals surface area contributed by atoms with Crippen LogP contribution in [-0.2, 0) is 32.0 Å². The lowest BCUT2D eigenvalue weighted by atomic mass is 9.75. The molecule has 1 aliphatic carbocycles. The Labute approximate surface area is 317 Å². The number of H-pyrrole nitrogens is 1. The molecule has 288 valence electrons. The van der Waals surface area contributed by atoms with Crippen molar-refractivity contribution in [3.63, 3.8) is 0 Å². The first kappa shape index (κ1) is 41.3. The number of carbonyl (C=O) groups excluding carboxylic acids is 4. The number of nitrogens with one attached hydrogen (secondary N) is 4. The molecule has 1 aliphatic rings. The number of aromatic amines is 1. The number of amides is 4. The lowest BCUT2D eigenvalue weighted by Crippen LogP contribution is -2.56. The summed E-state index contributed by atoms with van der Waals surface area (Å²) in [5, 5.41) is 21.0. The molecular formula is C40H55ClN6O6. The third kappa shape index (κ3) is 12.6. The topological polar surface area (TPSA) is 166 Å². The van der Waals surface area contributed by atoms with Crippen LogP contribution in [0.25, 0.3) is 0 Å². The second-order valence-electron chi connectivity index (χ2n) is 15.0. The van der Waals surface area contributed by atoms with Crippen molar-refractivity contribution < 1.29 is 29.0 Å². The molecule has 0 spiro atoms. The fourth-order valence-electron chi connectivity index (χ4n) is 7.04. The van der Waals surface area contributed by atoms with E-state index in [1.807, 2.05) is 24.3 Å². The van der Waals surface area contributed by atoms with Gasteiger partial charge in [0.05, 0.1) is 12.4 Å². The number of ether oxygens (including phenoxy) is 1. The maximum atomic E-state index is 14.0. The van der Waals surface area contributed by atoms with Gasteiger partial charge in [0.25, 0.3) is 0 Å². The SMILES string of the molecule is CNC(=O)[C@H](Cc1cccc(Cl)c1)C[C@H](O)[C@H](CNC(=O)C(Cc1cnc[nH]1)NC(=O)C(C)N(C(=O)OC(C)(C)C)c1ccccc1)C1CCCCC1. The van der Waals surface area contributed by atoms with Crippen LogP contribution in [0.4, 0.5) is 10.5 Å². The highest BCUT2D eigenvalue weighted by molar-refractivity contribution is 6.30. The van der Waals surface area contributed by atoms with Gasteiger partial charge in [0.2, 0.25) is 17.7 Å². The maximum absolute atomic E-state index is 14.0. The summed E-state index contributed by atoms with van der Waals surface area (Å²) >= 11 is 6.22. The number of carbonyl (C=O) groups is 4. The van der Waals surface area contributed by atoms with E-state index in [0.717, 1.165) is 37.7 Å². The van der Waals surface area contributed by atoms with Crippen molar-refractivity contribution in [3.8, 4) is 0 Å². The van der Waals surface area contributed by atoms with Gasteiger partial charge < -0.3 is 30.8 Å². The minimum absolute atomic E-state index is 0.108. The van der Waals surface area contributed by atoms with Crippen LogP contribution in [0.15, 0.2) is 67.1 Å². The first-order chi connectivity index (χ1) is 25.3. The highest BCUT2D eigenvalue weighted by Crippen LogP contribution is 2.34. The number of aromatic nitrogens is 2. The number of hydrogen-bond acceptors (Lipinski definition) is 7. The minimum Gasteiger partial charge on any atom is -0.443 e. The van der Waals surface area contributed by atoms with E-state index in [0.29, 0.717) is 22.8 Å². The van der Waals surface area contributed by atoms with Gasteiger partial charge in [-0.05, 0) is 76.3 Å². The standard InChI is InChI=1S/C40H55ClN6O6/c1-26(47(32-17-10-7-11-18-32)39(52)53-40(2,3)4)36(49)46-34(22-31-23-43-25-45-31)38(51)44-24-33(28-14-8-6-9-15-28)35(48)21-29(37(50)42-5)19-27-13-12-16-30(41)20-27/h7,10-13,16-18,20,23,25-26,28-29,33-35,48H,6,8-9,14-15,19,21-22,24H2,1-5H3,(H,42,50)(H,43,45)(H,44,51)(H,46,49)/t26?,29-,33-,34?,35+/m1/s1. The molecule has 0 radical (unpaired) electrons. The summed E-state index contributed by atoms with van der Waals surface area (Å²) in [6.45, 7) is 6.98. The fraction of sp³-hybridized carbons (Fsp3) is 0.525. The lowest BCUT2D eigenvalue weighted by Gasteiger charge is -2.35. The van der Waals surface area contributed by atoms with Crippen molar-refractivity contribution in [1.82, 2.24) is 25.9 Å². The Balaban J connectivity index is 1.53. The van der Waals surface area contributed by atoms with E-state index in [1.165, 1.54) is 11.2 Å². The van der Waals surface area contributed by atoms with Gasteiger partial charge in [0, 0.05) is 54.4 Å². The van der Waals surface area contributed by atoms with Gasteiger partial charge in [-0.3, -0.25) is 19.3 Å². The van der Waals surface area contributed by atoms with Crippen LogP contribution in [0, 0.1) is 17.8 Å². The van der Waals surface area contributed by atoms with E-state index >= 15 is 0 Å². The van der Waals surface area contributed by atoms with Crippen LogP contribution in [0.2, 0.25) is 5.02 Å². The van der Waals surface area contributed by atoms with E-state index in [4.69, 9.17) is 16.3 Å². The van der Waals surface area contributed by atoms with Crippen LogP contribution in [0.5, 0.6) is 0 Å². The predicted octanol–water partition coefficient (Wildman–Crippen LogP) is 5.59. The molecule has 12 nitrogen and oxygen atoms in total. The number of nitrogens with zero attached hydrogens (tertiary/aromatic N) is 2. The molecule has 53 heavy (non-hydrogen) atoms. The molecule has 2 unspecified atom stereocenters. The van der Waals surface area contributed by atoms with E-state index < -0.39 is 47.6 Å². The first-order valence-corrected chi connectivity index (χ1v) is 18.9. The summed E-state index contributed by atoms with van der Waals surface area (Å²) in [4.78, 5) is 62.7. The van der Waals surface area contributed by atoms with Gasteiger partial charge in [-0.2, -0.15) is 0 Å². The van der Waals surface area contributed by atoms with Crippen LogP contribution >= 0.6 is 11.6 Å². The zero-order valence-electron chi connectivity index (χ0n) is 31.4. The number of rotatable bonds is 16. The van der Waals surface area contributed by atoms with E-state index in [1.54, 1.807) is 71.3 Å². The number of anilines is 1. The van der Waals surface area contributed by atoms with Crippen molar-refractivity contribution >= 4 is 41.1 Å². The summed E-state index contributed by atoms with van der Waals surface area (Å²) in [5.74, 6) is -1.88. The second kappa shape index (κ2) is 19.6. The quantitative estimate of drug-likeness (QED) is 0.127. The van der Waals surface area contributed by atoms with Crippen LogP contribution in [0.3, 0.4) is 0 Å². The lowest BCUT2D eigenvalue weighted by molar-refractivity contribution is -0.130. The molecule has 1 aromatic heterocycles. The number of aliphatic hydroxyl groups excluding tert-OH is 1. The molecule has 4 rings (SSSR count). The number of benzene rings is 2. The second-order valence-corrected chi connectivity index (χ2v) is 15.4. The van der Waals surface area contributed by atoms with Crippen molar-refractivity contribution in [2.24, 2.45) is 17.8 Å². The van der Waals surface area contributed by atoms with Crippen LogP contribution in [0.1, 0.15) is 77.5 Å². The van der Waals surface area contributed by atoms with Crippen molar-refractivity contribution in [3.05, 3.63) is 83.4 Å². The number of aliphatic hydroxyl groups is 1. The summed E-state index contributed by atoms with van der Waals surface area (Å²) in [5.41, 5.74) is 1.18. The molecule has 4 amide bonds. The Kier molecular flexibility index (Phi) is 15.3. The van der Waals surface area contributed by atoms with Gasteiger partial charge in [-0.25, -0.2) is 9.78 Å². The van der Waals surface area contributed by atoms with Gasteiger partial charge >= 0.3 is 6.09 Å². The van der Waals surface area contributed by atoms with E-state index in [9.17, 15) is 24.3 Å². The van der Waals surface area contributed by atoms with Gasteiger partial charge in [0.15, 0.2) is 0 Å². The van der Waals surface area contributed by atoms with Crippen LogP contribution < -0.4 is 20.9 Å². The smallest absolute Gasteiger partial charge is 0.415 e. The Bertz CT molecular complexity index is 1630. The van der Waals surface area contributed by atoms with Gasteiger partial charge in [-0.1, -0.05) is 74.0 Å². The Morgan fingerprint density at radius 1 is 1.00 bits per heavy atom. The van der Waals surface area contributed by atoms with E-state index in [-0.39, 0.29) is 37.1 Å². The zero-order valence-corrected chi connectivity index (χ0v) is 32.2. The Hall–Kier alpha value is -4.42. The Morgan fingerprint density at radius 3 is 2.34 bits per heavy atom. The average Bonchev–Trinajstić information content (AvgIpc) is 3.64. The average molecular weight is 751 g/mol. The molecule has 5 atom stereocenters. The maximum Gasteiger partial charge on any atom is 0.415 e. The van der Waals surface area contributed by atoms with Crippen molar-refractivity contribution in [2.75, 3.05) is 18.5 Å². The normalized spacial score (nSPS) is 16.4. The Morgan fingerprint density at radius 2 is 1.72 bits per heavy atom.